The van der Waals surface area contributed by atoms with Crippen LogP contribution in [0.1, 0.15) is 32.3 Å². The van der Waals surface area contributed by atoms with E-state index in [4.69, 9.17) is 9.47 Å². The third-order valence-electron chi connectivity index (χ3n) is 6.32. The molecule has 0 amide bonds. The topological polar surface area (TPSA) is 38.8 Å². The lowest BCUT2D eigenvalue weighted by Gasteiger charge is -2.37. The number of benzene rings is 2. The fourth-order valence-electron chi connectivity index (χ4n) is 4.40. The molecule has 144 valence electrons. The zero-order chi connectivity index (χ0) is 19.0. The van der Waals surface area contributed by atoms with Crippen molar-refractivity contribution in [1.82, 2.24) is 4.90 Å². The number of likely N-dealkylation sites (tertiary alicyclic amines) is 1. The number of hydrogen-bond donors (Lipinski definition) is 0. The molecule has 4 heteroatoms. The summed E-state index contributed by atoms with van der Waals surface area (Å²) in [6, 6.07) is 13.0. The summed E-state index contributed by atoms with van der Waals surface area (Å²) in [5, 5.41) is 2.45. The molecular formula is C23H29NO3. The van der Waals surface area contributed by atoms with Crippen molar-refractivity contribution in [3.05, 3.63) is 42.0 Å². The van der Waals surface area contributed by atoms with E-state index in [2.05, 4.69) is 55.1 Å². The van der Waals surface area contributed by atoms with Crippen molar-refractivity contribution in [2.24, 2.45) is 17.8 Å². The largest absolute Gasteiger partial charge is 0.490 e. The fourth-order valence-corrected chi connectivity index (χ4v) is 4.40. The number of nitrogens with zero attached hydrogens (tertiary/aromatic N) is 1. The smallest absolute Gasteiger partial charge is 0.311 e. The number of esters is 1. The molecule has 1 saturated carbocycles. The minimum atomic E-state index is -0.0941. The minimum absolute atomic E-state index is 0.0381. The van der Waals surface area contributed by atoms with Crippen LogP contribution in [0, 0.1) is 17.8 Å². The van der Waals surface area contributed by atoms with E-state index in [1.807, 2.05) is 0 Å². The molecule has 2 unspecified atom stereocenters. The fraction of sp³-hybridized carbons (Fsp3) is 0.522. The van der Waals surface area contributed by atoms with E-state index >= 15 is 0 Å². The first-order valence-corrected chi connectivity index (χ1v) is 10.0. The number of hydrogen-bond acceptors (Lipinski definition) is 4. The Hall–Kier alpha value is -2.07. The monoisotopic (exact) mass is 367 g/mol. The normalized spacial score (nSPS) is 26.1. The molecular weight excluding hydrogens is 338 g/mol. The molecule has 0 N–H and O–H groups in total. The lowest BCUT2D eigenvalue weighted by atomic mass is 9.99. The molecule has 1 aliphatic heterocycles. The first kappa shape index (κ1) is 18.3. The van der Waals surface area contributed by atoms with E-state index in [0.717, 1.165) is 50.1 Å². The Morgan fingerprint density at radius 1 is 1.04 bits per heavy atom. The highest BCUT2D eigenvalue weighted by Gasteiger charge is 2.33. The molecule has 2 aromatic carbocycles. The molecule has 2 aliphatic rings. The van der Waals surface area contributed by atoms with Crippen LogP contribution in [-0.4, -0.2) is 37.2 Å². The van der Waals surface area contributed by atoms with Gasteiger partial charge < -0.3 is 9.47 Å². The number of methoxy groups -OCH3 is 1. The van der Waals surface area contributed by atoms with Crippen LogP contribution in [0.3, 0.4) is 0 Å². The molecule has 0 aromatic heterocycles. The predicted molar refractivity (Wildman–Crippen MR) is 107 cm³/mol. The first-order valence-electron chi connectivity index (χ1n) is 10.0. The van der Waals surface area contributed by atoms with E-state index in [0.29, 0.717) is 6.10 Å². The van der Waals surface area contributed by atoms with Crippen LogP contribution in [-0.2, 0) is 16.1 Å². The third-order valence-corrected chi connectivity index (χ3v) is 6.32. The summed E-state index contributed by atoms with van der Waals surface area (Å²) in [4.78, 5) is 13.8. The van der Waals surface area contributed by atoms with E-state index in [-0.39, 0.29) is 11.9 Å². The van der Waals surface area contributed by atoms with Gasteiger partial charge in [0.2, 0.25) is 0 Å². The van der Waals surface area contributed by atoms with Crippen molar-refractivity contribution < 1.29 is 14.3 Å². The Morgan fingerprint density at radius 2 is 1.70 bits per heavy atom. The highest BCUT2D eigenvalue weighted by Crippen LogP contribution is 2.34. The van der Waals surface area contributed by atoms with Gasteiger partial charge in [0, 0.05) is 19.6 Å². The van der Waals surface area contributed by atoms with Crippen molar-refractivity contribution in [3.63, 3.8) is 0 Å². The van der Waals surface area contributed by atoms with Crippen LogP contribution in [0.5, 0.6) is 5.75 Å². The van der Waals surface area contributed by atoms with Crippen LogP contribution in [0.25, 0.3) is 10.8 Å². The lowest BCUT2D eigenvalue weighted by Crippen LogP contribution is -2.49. The average molecular weight is 367 g/mol. The first-order chi connectivity index (χ1) is 13.0. The molecule has 27 heavy (non-hydrogen) atoms. The number of rotatable bonds is 5. The number of carbonyl (C=O) groups is 1. The van der Waals surface area contributed by atoms with Crippen LogP contribution in [0.2, 0.25) is 0 Å². The van der Waals surface area contributed by atoms with Crippen LogP contribution < -0.4 is 4.74 Å². The average Bonchev–Trinajstić information content (AvgIpc) is 2.94. The second kappa shape index (κ2) is 7.51. The van der Waals surface area contributed by atoms with Gasteiger partial charge in [-0.2, -0.15) is 0 Å². The van der Waals surface area contributed by atoms with Gasteiger partial charge in [-0.05, 0) is 59.2 Å². The molecule has 4 nitrogen and oxygen atoms in total. The van der Waals surface area contributed by atoms with E-state index in [1.54, 1.807) is 0 Å². The second-order valence-corrected chi connectivity index (χ2v) is 8.42. The maximum absolute atomic E-state index is 11.5. The zero-order valence-electron chi connectivity index (χ0n) is 16.5. The lowest BCUT2D eigenvalue weighted by molar-refractivity contribution is -0.151. The van der Waals surface area contributed by atoms with Gasteiger partial charge in [-0.1, -0.05) is 32.0 Å². The molecule has 1 heterocycles. The summed E-state index contributed by atoms with van der Waals surface area (Å²) in [5.74, 6) is 2.42. The molecule has 3 atom stereocenters. The van der Waals surface area contributed by atoms with Crippen molar-refractivity contribution in [1.29, 1.82) is 0 Å². The molecule has 2 fully saturated rings. The van der Waals surface area contributed by atoms with E-state index in [1.165, 1.54) is 23.4 Å². The Labute approximate surface area is 161 Å². The van der Waals surface area contributed by atoms with Crippen LogP contribution in [0.15, 0.2) is 36.4 Å². The van der Waals surface area contributed by atoms with E-state index in [9.17, 15) is 4.79 Å². The maximum Gasteiger partial charge on any atom is 0.311 e. The summed E-state index contributed by atoms with van der Waals surface area (Å²) < 4.78 is 11.0. The summed E-state index contributed by atoms with van der Waals surface area (Å²) in [6.07, 6.45) is 2.65. The van der Waals surface area contributed by atoms with Gasteiger partial charge in [0.15, 0.2) is 0 Å². The minimum Gasteiger partial charge on any atom is -0.490 e. The Balaban J connectivity index is 1.38. The van der Waals surface area contributed by atoms with Gasteiger partial charge in [-0.15, -0.1) is 0 Å². The van der Waals surface area contributed by atoms with Gasteiger partial charge in [-0.3, -0.25) is 9.69 Å². The molecule has 0 radical (unpaired) electrons. The summed E-state index contributed by atoms with van der Waals surface area (Å²) in [7, 11) is 1.46. The Morgan fingerprint density at radius 3 is 2.41 bits per heavy atom. The second-order valence-electron chi connectivity index (χ2n) is 8.42. The molecule has 1 saturated heterocycles. The molecule has 0 bridgehead atoms. The highest BCUT2D eigenvalue weighted by molar-refractivity contribution is 5.84. The Kier molecular flexibility index (Phi) is 5.09. The summed E-state index contributed by atoms with van der Waals surface area (Å²) in [5.41, 5.74) is 1.28. The third kappa shape index (κ3) is 3.96. The molecule has 4 rings (SSSR count). The summed E-state index contributed by atoms with van der Waals surface area (Å²) in [6.45, 7) is 7.09. The van der Waals surface area contributed by atoms with Crippen molar-refractivity contribution >= 4 is 16.7 Å². The van der Waals surface area contributed by atoms with Crippen LogP contribution >= 0.6 is 0 Å². The standard InChI is InChI=1S/C23H29NO3/c1-15-8-22(9-16(15)2)27-21-7-6-18-10-17(4-5-19(18)11-21)12-24-13-20(14-24)23(25)26-3/h4-7,10-11,15-16,20,22H,8-9,12-14H2,1-3H3/t15-,16?,22?/m1/s1. The quantitative estimate of drug-likeness (QED) is 0.740. The van der Waals surface area contributed by atoms with Gasteiger partial charge in [0.05, 0.1) is 19.1 Å². The molecule has 1 aliphatic carbocycles. The van der Waals surface area contributed by atoms with Gasteiger partial charge in [-0.25, -0.2) is 0 Å². The SMILES string of the molecule is COC(=O)C1CN(Cc2ccc3cc(OC4CC(C)[C@H](C)C4)ccc3c2)C1. The molecule has 2 aromatic rings. The number of carbonyl (C=O) groups excluding carboxylic acids is 1. The van der Waals surface area contributed by atoms with Gasteiger partial charge in [0.1, 0.15) is 5.75 Å². The predicted octanol–water partition coefficient (Wildman–Crippen LogP) is 4.26. The number of ether oxygens (including phenoxy) is 2. The van der Waals surface area contributed by atoms with Crippen LogP contribution in [0.4, 0.5) is 0 Å². The van der Waals surface area contributed by atoms with Crippen molar-refractivity contribution in [2.45, 2.75) is 39.3 Å². The summed E-state index contributed by atoms with van der Waals surface area (Å²) >= 11 is 0. The van der Waals surface area contributed by atoms with Crippen molar-refractivity contribution in [2.75, 3.05) is 20.2 Å². The highest BCUT2D eigenvalue weighted by atomic mass is 16.5. The Bertz CT molecular complexity index is 817. The maximum atomic E-state index is 11.5. The zero-order valence-corrected chi connectivity index (χ0v) is 16.5. The number of fused-ring (bicyclic) bond motifs is 1. The van der Waals surface area contributed by atoms with Crippen molar-refractivity contribution in [3.8, 4) is 5.75 Å². The van der Waals surface area contributed by atoms with Gasteiger partial charge in [0.25, 0.3) is 0 Å². The molecule has 0 spiro atoms. The van der Waals surface area contributed by atoms with Gasteiger partial charge >= 0.3 is 5.97 Å². The van der Waals surface area contributed by atoms with E-state index < -0.39 is 0 Å².